The van der Waals surface area contributed by atoms with Gasteiger partial charge in [-0.05, 0) is 30.6 Å². The van der Waals surface area contributed by atoms with E-state index in [1.807, 2.05) is 12.3 Å². The molecule has 0 spiro atoms. The molecule has 2 aliphatic heterocycles. The third-order valence-electron chi connectivity index (χ3n) is 3.93. The quantitative estimate of drug-likeness (QED) is 0.819. The van der Waals surface area contributed by atoms with Crippen LogP contribution in [0.3, 0.4) is 0 Å². The fraction of sp³-hybridized carbons (Fsp3) is 0.471. The van der Waals surface area contributed by atoms with Crippen LogP contribution in [0.5, 0.6) is 0 Å². The maximum Gasteiger partial charge on any atom is 0.135 e. The molecule has 0 saturated heterocycles. The molecular formula is C17H25ClN4. The molecule has 22 heavy (non-hydrogen) atoms. The van der Waals surface area contributed by atoms with Crippen LogP contribution in [0.4, 0.5) is 0 Å². The molecular weight excluding hydrogens is 296 g/mol. The second kappa shape index (κ2) is 7.65. The number of aliphatic imine (C=N–C) groups is 1. The largest absolute Gasteiger partial charge is 0.387 e. The molecule has 0 aliphatic carbocycles. The highest BCUT2D eigenvalue weighted by atomic mass is 35.5. The summed E-state index contributed by atoms with van der Waals surface area (Å²) in [7, 11) is 2.16. The third-order valence-corrected chi connectivity index (χ3v) is 4.24. The Labute approximate surface area is 138 Å². The number of nitrogens with one attached hydrogen (secondary N) is 1. The van der Waals surface area contributed by atoms with Crippen LogP contribution < -0.4 is 11.1 Å². The summed E-state index contributed by atoms with van der Waals surface area (Å²) in [5.74, 6) is 0. The lowest BCUT2D eigenvalue weighted by Gasteiger charge is -2.30. The highest BCUT2D eigenvalue weighted by Gasteiger charge is 2.16. The van der Waals surface area contributed by atoms with Crippen molar-refractivity contribution in [2.75, 3.05) is 20.1 Å². The van der Waals surface area contributed by atoms with Crippen molar-refractivity contribution in [1.29, 1.82) is 0 Å². The molecule has 0 amide bonds. The number of halogens is 1. The van der Waals surface area contributed by atoms with Gasteiger partial charge in [0.05, 0.1) is 6.04 Å². The van der Waals surface area contributed by atoms with Crippen LogP contribution in [-0.4, -0.2) is 36.2 Å². The molecule has 0 radical (unpaired) electrons. The topological polar surface area (TPSA) is 53.6 Å². The van der Waals surface area contributed by atoms with Crippen LogP contribution in [0.1, 0.15) is 26.7 Å². The molecule has 4 nitrogen and oxygen atoms in total. The molecule has 3 N–H and O–H groups in total. The molecule has 120 valence electrons. The van der Waals surface area contributed by atoms with E-state index < -0.39 is 0 Å². The van der Waals surface area contributed by atoms with Crippen LogP contribution >= 0.6 is 11.6 Å². The highest BCUT2D eigenvalue weighted by Crippen LogP contribution is 2.22. The minimum Gasteiger partial charge on any atom is -0.387 e. The second-order valence-electron chi connectivity index (χ2n) is 5.81. The number of hydrogen-bond acceptors (Lipinski definition) is 4. The summed E-state index contributed by atoms with van der Waals surface area (Å²) in [5, 5.41) is 3.77. The summed E-state index contributed by atoms with van der Waals surface area (Å²) < 4.78 is 0. The van der Waals surface area contributed by atoms with Gasteiger partial charge in [0.25, 0.3) is 0 Å². The Morgan fingerprint density at radius 2 is 2.32 bits per heavy atom. The van der Waals surface area contributed by atoms with Gasteiger partial charge in [0, 0.05) is 43.8 Å². The highest BCUT2D eigenvalue weighted by molar-refractivity contribution is 6.70. The molecule has 0 fully saturated rings. The Kier molecular flexibility index (Phi) is 5.86. The van der Waals surface area contributed by atoms with Crippen molar-refractivity contribution >= 4 is 16.8 Å². The fourth-order valence-electron chi connectivity index (χ4n) is 2.83. The molecule has 0 saturated carbocycles. The minimum atomic E-state index is -0.196. The van der Waals surface area contributed by atoms with Gasteiger partial charge >= 0.3 is 0 Å². The first-order valence-electron chi connectivity index (χ1n) is 7.72. The first-order chi connectivity index (χ1) is 10.5. The van der Waals surface area contributed by atoms with Gasteiger partial charge in [0.2, 0.25) is 0 Å². The van der Waals surface area contributed by atoms with Gasteiger partial charge in [-0.25, -0.2) is 4.99 Å². The summed E-state index contributed by atoms with van der Waals surface area (Å²) in [6.07, 6.45) is 9.95. The van der Waals surface area contributed by atoms with Crippen LogP contribution in [0.2, 0.25) is 0 Å². The standard InChI is InChI=1S/C17H25ClN4/c1-4-5-16-12(2)8-13(11-22(16)3)9-20-10-14-15(19)6-7-21-17(14)18/h6-8,10,15,20H,4-5,9,11,19H2,1-3H3/b14-10+. The summed E-state index contributed by atoms with van der Waals surface area (Å²) in [6.45, 7) is 6.14. The Morgan fingerprint density at radius 3 is 2.95 bits per heavy atom. The van der Waals surface area contributed by atoms with Gasteiger partial charge in [-0.3, -0.25) is 0 Å². The van der Waals surface area contributed by atoms with Gasteiger partial charge < -0.3 is 16.0 Å². The summed E-state index contributed by atoms with van der Waals surface area (Å²) in [6, 6.07) is -0.196. The van der Waals surface area contributed by atoms with E-state index in [0.717, 1.165) is 25.1 Å². The Morgan fingerprint density at radius 1 is 1.55 bits per heavy atom. The van der Waals surface area contributed by atoms with Crippen molar-refractivity contribution in [3.05, 3.63) is 47.0 Å². The predicted octanol–water partition coefficient (Wildman–Crippen LogP) is 2.90. The summed E-state index contributed by atoms with van der Waals surface area (Å²) in [4.78, 5) is 6.40. The number of hydrogen-bond donors (Lipinski definition) is 2. The van der Waals surface area contributed by atoms with Gasteiger partial charge in [0.1, 0.15) is 5.17 Å². The van der Waals surface area contributed by atoms with Gasteiger partial charge in [0.15, 0.2) is 0 Å². The zero-order chi connectivity index (χ0) is 16.1. The lowest BCUT2D eigenvalue weighted by molar-refractivity contribution is 0.416. The molecule has 2 heterocycles. The number of nitrogens with two attached hydrogens (primary N) is 1. The molecule has 0 aromatic carbocycles. The molecule has 1 unspecified atom stereocenters. The number of allylic oxidation sites excluding steroid dienone is 3. The van der Waals surface area contributed by atoms with Crippen molar-refractivity contribution < 1.29 is 0 Å². The van der Waals surface area contributed by atoms with Crippen molar-refractivity contribution in [3.63, 3.8) is 0 Å². The first-order valence-corrected chi connectivity index (χ1v) is 8.10. The van der Waals surface area contributed by atoms with E-state index in [9.17, 15) is 0 Å². The van der Waals surface area contributed by atoms with Crippen LogP contribution in [-0.2, 0) is 0 Å². The number of likely N-dealkylation sites (N-methyl/N-ethyl adjacent to an activating group) is 1. The van der Waals surface area contributed by atoms with Gasteiger partial charge in [-0.15, -0.1) is 0 Å². The lowest BCUT2D eigenvalue weighted by Crippen LogP contribution is -2.30. The smallest absolute Gasteiger partial charge is 0.135 e. The van der Waals surface area contributed by atoms with E-state index in [-0.39, 0.29) is 6.04 Å². The molecule has 0 aromatic heterocycles. The van der Waals surface area contributed by atoms with E-state index in [1.165, 1.54) is 23.3 Å². The molecule has 2 aliphatic rings. The summed E-state index contributed by atoms with van der Waals surface area (Å²) >= 11 is 6.08. The predicted molar refractivity (Wildman–Crippen MR) is 94.8 cm³/mol. The maximum atomic E-state index is 6.08. The second-order valence-corrected chi connectivity index (χ2v) is 6.16. The zero-order valence-corrected chi connectivity index (χ0v) is 14.3. The van der Waals surface area contributed by atoms with E-state index in [2.05, 4.69) is 42.2 Å². The van der Waals surface area contributed by atoms with E-state index in [1.54, 1.807) is 6.20 Å². The Bertz CT molecular complexity index is 569. The van der Waals surface area contributed by atoms with E-state index in [0.29, 0.717) is 5.17 Å². The minimum absolute atomic E-state index is 0.196. The van der Waals surface area contributed by atoms with Crippen molar-refractivity contribution in [2.45, 2.75) is 32.7 Å². The molecule has 2 rings (SSSR count). The molecule has 0 bridgehead atoms. The van der Waals surface area contributed by atoms with Gasteiger partial charge in [-0.1, -0.05) is 31.0 Å². The van der Waals surface area contributed by atoms with Crippen molar-refractivity contribution in [2.24, 2.45) is 10.7 Å². The number of rotatable bonds is 5. The van der Waals surface area contributed by atoms with Crippen LogP contribution in [0, 0.1) is 0 Å². The fourth-order valence-corrected chi connectivity index (χ4v) is 3.07. The van der Waals surface area contributed by atoms with Crippen LogP contribution in [0.15, 0.2) is 52.0 Å². The maximum absolute atomic E-state index is 6.08. The zero-order valence-electron chi connectivity index (χ0n) is 13.6. The Hall–Kier alpha value is -1.52. The number of nitrogens with zero attached hydrogens (tertiary/aromatic N) is 2. The normalized spacial score (nSPS) is 23.8. The first kappa shape index (κ1) is 16.8. The SMILES string of the molecule is CCCC1=C(C)C=C(CN/C=C2/C(Cl)=NC=CC2N)CN1C. The molecule has 1 atom stereocenters. The summed E-state index contributed by atoms with van der Waals surface area (Å²) in [5.41, 5.74) is 11.0. The van der Waals surface area contributed by atoms with Crippen molar-refractivity contribution in [1.82, 2.24) is 10.2 Å². The average Bonchev–Trinajstić information content (AvgIpc) is 2.46. The van der Waals surface area contributed by atoms with Crippen LogP contribution in [0.25, 0.3) is 0 Å². The lowest BCUT2D eigenvalue weighted by atomic mass is 10.0. The average molecular weight is 321 g/mol. The van der Waals surface area contributed by atoms with E-state index in [4.69, 9.17) is 17.3 Å². The van der Waals surface area contributed by atoms with E-state index >= 15 is 0 Å². The molecule has 5 heteroatoms. The van der Waals surface area contributed by atoms with Gasteiger partial charge in [-0.2, -0.15) is 0 Å². The monoisotopic (exact) mass is 320 g/mol. The Balaban J connectivity index is 2.00. The third kappa shape index (κ3) is 4.02. The van der Waals surface area contributed by atoms with Crippen molar-refractivity contribution in [3.8, 4) is 0 Å². The molecule has 0 aromatic rings.